The van der Waals surface area contributed by atoms with E-state index < -0.39 is 12.0 Å². The number of imidazole rings is 1. The molecule has 0 aliphatic carbocycles. The number of hydrogen-bond donors (Lipinski definition) is 0. The number of piperazine rings is 1. The van der Waals surface area contributed by atoms with Gasteiger partial charge in [-0.1, -0.05) is 12.1 Å². The number of nitriles is 1. The number of ether oxygens (including phenoxy) is 2. The van der Waals surface area contributed by atoms with E-state index in [1.807, 2.05) is 25.3 Å². The van der Waals surface area contributed by atoms with Crippen molar-refractivity contribution in [2.24, 2.45) is 7.05 Å². The first-order valence-corrected chi connectivity index (χ1v) is 12.3. The van der Waals surface area contributed by atoms with Gasteiger partial charge in [0, 0.05) is 50.4 Å². The SMILES string of the molecule is CCn1c(CC#N)nc2c(N3C[C@@H](C)N(C(C)c4cccc5c4OC(F)(F)O5)C[C@@H]3C)nc(=O)n(C)c21. The molecule has 0 N–H and O–H groups in total. The van der Waals surface area contributed by atoms with Crippen LogP contribution in [0.3, 0.4) is 0 Å². The number of aryl methyl sites for hydroxylation is 2. The molecule has 3 aromatic rings. The highest BCUT2D eigenvalue weighted by Crippen LogP contribution is 2.46. The summed E-state index contributed by atoms with van der Waals surface area (Å²) in [4.78, 5) is 26.3. The molecule has 1 aromatic carbocycles. The molecule has 0 radical (unpaired) electrons. The van der Waals surface area contributed by atoms with Crippen molar-refractivity contribution in [3.05, 3.63) is 40.1 Å². The Morgan fingerprint density at radius 2 is 1.97 bits per heavy atom. The van der Waals surface area contributed by atoms with Crippen LogP contribution < -0.4 is 20.1 Å². The lowest BCUT2D eigenvalue weighted by molar-refractivity contribution is -0.287. The number of para-hydroxylation sites is 1. The van der Waals surface area contributed by atoms with E-state index in [4.69, 9.17) is 9.72 Å². The number of fused-ring (bicyclic) bond motifs is 2. The Bertz CT molecular complexity index is 1460. The van der Waals surface area contributed by atoms with Gasteiger partial charge in [-0.25, -0.2) is 9.78 Å². The van der Waals surface area contributed by atoms with Crippen LogP contribution in [0.1, 0.15) is 45.1 Å². The maximum absolute atomic E-state index is 13.8. The molecule has 1 unspecified atom stereocenters. The molecule has 2 aliphatic rings. The van der Waals surface area contributed by atoms with Gasteiger partial charge in [0.1, 0.15) is 17.0 Å². The first-order valence-electron chi connectivity index (χ1n) is 12.3. The predicted molar refractivity (Wildman–Crippen MR) is 132 cm³/mol. The number of benzene rings is 1. The summed E-state index contributed by atoms with van der Waals surface area (Å²) in [6.07, 6.45) is -3.56. The Kier molecular flexibility index (Phi) is 6.06. The topological polar surface area (TPSA) is 101 Å². The van der Waals surface area contributed by atoms with Gasteiger partial charge in [0.25, 0.3) is 0 Å². The zero-order chi connectivity index (χ0) is 26.6. The average molecular weight is 514 g/mol. The molecule has 3 atom stereocenters. The lowest BCUT2D eigenvalue weighted by atomic mass is 9.99. The maximum Gasteiger partial charge on any atom is 0.586 e. The van der Waals surface area contributed by atoms with Gasteiger partial charge in [-0.05, 0) is 33.8 Å². The summed E-state index contributed by atoms with van der Waals surface area (Å²) in [5, 5.41) is 9.28. The van der Waals surface area contributed by atoms with Crippen LogP contribution >= 0.6 is 0 Å². The molecule has 10 nitrogen and oxygen atoms in total. The molecule has 4 heterocycles. The Labute approximate surface area is 212 Å². The molecule has 2 aromatic heterocycles. The van der Waals surface area contributed by atoms with Crippen LogP contribution in [-0.4, -0.2) is 55.5 Å². The second-order valence-corrected chi connectivity index (χ2v) is 9.62. The number of halogens is 2. The van der Waals surface area contributed by atoms with Crippen molar-refractivity contribution >= 4 is 17.0 Å². The van der Waals surface area contributed by atoms with Crippen molar-refractivity contribution < 1.29 is 18.3 Å². The van der Waals surface area contributed by atoms with Crippen LogP contribution in [-0.2, 0) is 20.0 Å². The number of nitrogens with zero attached hydrogens (tertiary/aromatic N) is 7. The molecule has 5 rings (SSSR count). The van der Waals surface area contributed by atoms with Crippen molar-refractivity contribution in [3.63, 3.8) is 0 Å². The van der Waals surface area contributed by atoms with Crippen molar-refractivity contribution in [1.82, 2.24) is 24.0 Å². The summed E-state index contributed by atoms with van der Waals surface area (Å²) in [5.74, 6) is 1.18. The van der Waals surface area contributed by atoms with Crippen molar-refractivity contribution in [2.45, 2.75) is 65.1 Å². The molecular weight excluding hydrogens is 484 g/mol. The van der Waals surface area contributed by atoms with Gasteiger partial charge in [-0.3, -0.25) is 9.47 Å². The maximum atomic E-state index is 13.8. The normalized spacial score (nSPS) is 21.8. The van der Waals surface area contributed by atoms with Gasteiger partial charge in [-0.15, -0.1) is 8.78 Å². The van der Waals surface area contributed by atoms with E-state index in [-0.39, 0.29) is 36.0 Å². The van der Waals surface area contributed by atoms with Crippen LogP contribution in [0.25, 0.3) is 11.2 Å². The summed E-state index contributed by atoms with van der Waals surface area (Å²) in [7, 11) is 1.66. The number of alkyl halides is 2. The molecule has 1 fully saturated rings. The summed E-state index contributed by atoms with van der Waals surface area (Å²) in [6, 6.07) is 6.76. The third-order valence-corrected chi connectivity index (χ3v) is 7.30. The van der Waals surface area contributed by atoms with Gasteiger partial charge in [0.15, 0.2) is 17.3 Å². The van der Waals surface area contributed by atoms with E-state index in [0.29, 0.717) is 48.0 Å². The molecule has 0 bridgehead atoms. The Morgan fingerprint density at radius 1 is 1.22 bits per heavy atom. The van der Waals surface area contributed by atoms with Crippen LogP contribution in [0, 0.1) is 11.3 Å². The van der Waals surface area contributed by atoms with Gasteiger partial charge < -0.3 is 18.9 Å². The van der Waals surface area contributed by atoms with E-state index in [9.17, 15) is 18.8 Å². The molecule has 37 heavy (non-hydrogen) atoms. The Hall–Kier alpha value is -3.72. The lowest BCUT2D eigenvalue weighted by Gasteiger charge is -2.47. The van der Waals surface area contributed by atoms with Crippen LogP contribution in [0.2, 0.25) is 0 Å². The zero-order valence-corrected chi connectivity index (χ0v) is 21.4. The summed E-state index contributed by atoms with van der Waals surface area (Å²) < 4.78 is 40.4. The fourth-order valence-corrected chi connectivity index (χ4v) is 5.51. The zero-order valence-electron chi connectivity index (χ0n) is 21.4. The minimum atomic E-state index is -3.68. The second-order valence-electron chi connectivity index (χ2n) is 9.62. The first-order chi connectivity index (χ1) is 17.6. The van der Waals surface area contributed by atoms with Crippen LogP contribution in [0.4, 0.5) is 14.6 Å². The molecule has 2 aliphatic heterocycles. The van der Waals surface area contributed by atoms with Crippen molar-refractivity contribution in [1.29, 1.82) is 5.26 Å². The summed E-state index contributed by atoms with van der Waals surface area (Å²) in [6.45, 7) is 9.68. The highest BCUT2D eigenvalue weighted by atomic mass is 19.3. The number of aromatic nitrogens is 4. The number of anilines is 1. The predicted octanol–water partition coefficient (Wildman–Crippen LogP) is 3.20. The van der Waals surface area contributed by atoms with Crippen molar-refractivity contribution in [2.75, 3.05) is 18.0 Å². The highest BCUT2D eigenvalue weighted by Gasteiger charge is 2.46. The fourth-order valence-electron chi connectivity index (χ4n) is 5.51. The first kappa shape index (κ1) is 25.0. The van der Waals surface area contributed by atoms with E-state index >= 15 is 0 Å². The van der Waals surface area contributed by atoms with E-state index in [1.54, 1.807) is 19.2 Å². The third kappa shape index (κ3) is 4.07. The summed E-state index contributed by atoms with van der Waals surface area (Å²) in [5.41, 5.74) is 1.45. The standard InChI is InChI=1S/C25H29F2N7O3/c1-6-32-19(10-11-28)29-20-22(30-24(35)31(5)23(20)32)34-13-14(2)33(12-15(34)3)16(4)17-8-7-9-18-21(17)37-25(26,27)36-18/h7-9,14-16H,6,10,12-13H2,1-5H3/t14-,15+,16?/m1/s1. The van der Waals surface area contributed by atoms with E-state index in [2.05, 4.69) is 32.5 Å². The molecule has 1 saturated heterocycles. The minimum absolute atomic E-state index is 0.0161. The average Bonchev–Trinajstić information content (AvgIpc) is 3.38. The Balaban J connectivity index is 1.49. The van der Waals surface area contributed by atoms with E-state index in [1.165, 1.54) is 10.6 Å². The molecule has 0 saturated carbocycles. The van der Waals surface area contributed by atoms with Crippen LogP contribution in [0.5, 0.6) is 11.5 Å². The second kappa shape index (κ2) is 8.99. The largest absolute Gasteiger partial charge is 0.586 e. The van der Waals surface area contributed by atoms with Crippen molar-refractivity contribution in [3.8, 4) is 17.6 Å². The van der Waals surface area contributed by atoms with Gasteiger partial charge in [-0.2, -0.15) is 10.2 Å². The molecule has 0 amide bonds. The number of hydrogen-bond acceptors (Lipinski definition) is 8. The minimum Gasteiger partial charge on any atom is -0.395 e. The van der Waals surface area contributed by atoms with E-state index in [0.717, 1.165) is 0 Å². The Morgan fingerprint density at radius 3 is 2.68 bits per heavy atom. The monoisotopic (exact) mass is 513 g/mol. The molecule has 0 spiro atoms. The molecule has 12 heteroatoms. The van der Waals surface area contributed by atoms with Gasteiger partial charge in [0.2, 0.25) is 0 Å². The summed E-state index contributed by atoms with van der Waals surface area (Å²) >= 11 is 0. The lowest BCUT2D eigenvalue weighted by Crippen LogP contribution is -2.57. The quantitative estimate of drug-likeness (QED) is 0.513. The fraction of sp³-hybridized carbons (Fsp3) is 0.520. The molecule has 196 valence electrons. The number of rotatable bonds is 5. The third-order valence-electron chi connectivity index (χ3n) is 7.30. The molecular formula is C25H29F2N7O3. The van der Waals surface area contributed by atoms with Crippen LogP contribution in [0.15, 0.2) is 23.0 Å². The van der Waals surface area contributed by atoms with Gasteiger partial charge in [0.05, 0.1) is 12.5 Å². The smallest absolute Gasteiger partial charge is 0.395 e. The van der Waals surface area contributed by atoms with Gasteiger partial charge >= 0.3 is 12.0 Å². The highest BCUT2D eigenvalue weighted by molar-refractivity contribution is 5.84.